The summed E-state index contributed by atoms with van der Waals surface area (Å²) < 4.78 is 1.91. The van der Waals surface area contributed by atoms with Crippen molar-refractivity contribution in [2.45, 2.75) is 33.2 Å². The Labute approximate surface area is 99.9 Å². The lowest BCUT2D eigenvalue weighted by molar-refractivity contribution is -0.138. The number of fused-ring (bicyclic) bond motifs is 1. The highest BCUT2D eigenvalue weighted by molar-refractivity contribution is 5.90. The summed E-state index contributed by atoms with van der Waals surface area (Å²) in [5.41, 5.74) is 2.74. The maximum absolute atomic E-state index is 11.1. The Kier molecular flexibility index (Phi) is 2.88. The number of hydrogen-bond acceptors (Lipinski definition) is 2. The van der Waals surface area contributed by atoms with Crippen LogP contribution in [0, 0.1) is 6.92 Å². The predicted octanol–water partition coefficient (Wildman–Crippen LogP) is 2.55. The molecule has 4 nitrogen and oxygen atoms in total. The van der Waals surface area contributed by atoms with Gasteiger partial charge in [0.25, 0.3) is 0 Å². The summed E-state index contributed by atoms with van der Waals surface area (Å²) in [4.78, 5) is 11.1. The fourth-order valence-corrected chi connectivity index (χ4v) is 2.17. The van der Waals surface area contributed by atoms with Gasteiger partial charge in [0.2, 0.25) is 0 Å². The van der Waals surface area contributed by atoms with Gasteiger partial charge in [-0.05, 0) is 32.4 Å². The minimum Gasteiger partial charge on any atom is -0.481 e. The molecule has 0 bridgehead atoms. The molecule has 1 N–H and O–H groups in total. The molecule has 0 aliphatic rings. The molecule has 0 amide bonds. The first-order chi connectivity index (χ1) is 8.06. The number of rotatable bonds is 3. The van der Waals surface area contributed by atoms with E-state index in [4.69, 9.17) is 5.11 Å². The maximum atomic E-state index is 11.1. The topological polar surface area (TPSA) is 55.1 Å². The zero-order valence-electron chi connectivity index (χ0n) is 10.3. The number of aromatic nitrogens is 2. The predicted molar refractivity (Wildman–Crippen MR) is 66.2 cm³/mol. The van der Waals surface area contributed by atoms with Gasteiger partial charge in [0, 0.05) is 17.6 Å². The molecule has 0 saturated heterocycles. The first kappa shape index (κ1) is 11.6. The van der Waals surface area contributed by atoms with Crippen molar-refractivity contribution in [1.82, 2.24) is 9.78 Å². The average molecular weight is 232 g/mol. The van der Waals surface area contributed by atoms with Crippen LogP contribution < -0.4 is 0 Å². The Bertz CT molecular complexity index is 572. The lowest BCUT2D eigenvalue weighted by Crippen LogP contribution is -2.08. The van der Waals surface area contributed by atoms with Crippen LogP contribution in [0.3, 0.4) is 0 Å². The Morgan fingerprint density at radius 3 is 2.82 bits per heavy atom. The molecule has 1 aromatic heterocycles. The molecule has 0 radical (unpaired) electrons. The number of benzene rings is 1. The van der Waals surface area contributed by atoms with Crippen LogP contribution in [0.5, 0.6) is 0 Å². The van der Waals surface area contributed by atoms with E-state index in [-0.39, 0.29) is 0 Å². The minimum absolute atomic E-state index is 0.507. The van der Waals surface area contributed by atoms with Gasteiger partial charge in [0.15, 0.2) is 0 Å². The Hall–Kier alpha value is -1.84. The molecule has 2 aromatic rings. The molecule has 90 valence electrons. The van der Waals surface area contributed by atoms with Crippen LogP contribution in [0.15, 0.2) is 18.2 Å². The monoisotopic (exact) mass is 232 g/mol. The molecular weight excluding hydrogens is 216 g/mol. The summed E-state index contributed by atoms with van der Waals surface area (Å²) in [7, 11) is 0. The summed E-state index contributed by atoms with van der Waals surface area (Å²) >= 11 is 0. The van der Waals surface area contributed by atoms with Crippen molar-refractivity contribution < 1.29 is 9.90 Å². The second kappa shape index (κ2) is 4.20. The second-order valence-electron chi connectivity index (χ2n) is 4.20. The molecule has 1 atom stereocenters. The highest BCUT2D eigenvalue weighted by Gasteiger charge is 2.19. The van der Waals surface area contributed by atoms with Crippen molar-refractivity contribution in [3.63, 3.8) is 0 Å². The van der Waals surface area contributed by atoms with Crippen LogP contribution in [0.2, 0.25) is 0 Å². The lowest BCUT2D eigenvalue weighted by atomic mass is 9.96. The molecule has 0 spiro atoms. The molecule has 0 aliphatic heterocycles. The van der Waals surface area contributed by atoms with E-state index in [1.54, 1.807) is 6.92 Å². The first-order valence-corrected chi connectivity index (χ1v) is 5.75. The van der Waals surface area contributed by atoms with Crippen LogP contribution in [0.25, 0.3) is 10.9 Å². The standard InChI is InChI=1S/C13H16N2O2/c1-4-15-9(3)12-10(8(2)13(16)17)6-5-7-11(12)14-15/h5-8H,4H2,1-3H3,(H,16,17). The Balaban J connectivity index is 2.72. The number of aliphatic carboxylic acids is 1. The zero-order chi connectivity index (χ0) is 12.6. The molecule has 0 aliphatic carbocycles. The van der Waals surface area contributed by atoms with Crippen molar-refractivity contribution in [2.24, 2.45) is 0 Å². The van der Waals surface area contributed by atoms with E-state index in [9.17, 15) is 4.79 Å². The molecule has 1 unspecified atom stereocenters. The number of nitrogens with zero attached hydrogens (tertiary/aromatic N) is 2. The second-order valence-corrected chi connectivity index (χ2v) is 4.20. The molecule has 4 heteroatoms. The number of aryl methyl sites for hydroxylation is 2. The molecule has 1 aromatic carbocycles. The molecule has 1 heterocycles. The van der Waals surface area contributed by atoms with Gasteiger partial charge >= 0.3 is 5.97 Å². The highest BCUT2D eigenvalue weighted by Crippen LogP contribution is 2.28. The summed E-state index contributed by atoms with van der Waals surface area (Å²) in [6.45, 7) is 6.51. The van der Waals surface area contributed by atoms with E-state index in [2.05, 4.69) is 5.10 Å². The van der Waals surface area contributed by atoms with Gasteiger partial charge in [-0.25, -0.2) is 0 Å². The summed E-state index contributed by atoms with van der Waals surface area (Å²) in [6.07, 6.45) is 0. The molecular formula is C13H16N2O2. The number of carboxylic acid groups (broad SMARTS) is 1. The molecule has 0 saturated carbocycles. The van der Waals surface area contributed by atoms with Gasteiger partial charge < -0.3 is 5.11 Å². The number of carbonyl (C=O) groups is 1. The fraction of sp³-hybridized carbons (Fsp3) is 0.385. The third-order valence-corrected chi connectivity index (χ3v) is 3.19. The van der Waals surface area contributed by atoms with Gasteiger partial charge in [-0.2, -0.15) is 5.10 Å². The molecule has 2 rings (SSSR count). The van der Waals surface area contributed by atoms with Crippen LogP contribution >= 0.6 is 0 Å². The van der Waals surface area contributed by atoms with E-state index in [1.165, 1.54) is 0 Å². The van der Waals surface area contributed by atoms with E-state index < -0.39 is 11.9 Å². The van der Waals surface area contributed by atoms with Crippen molar-refractivity contribution in [3.8, 4) is 0 Å². The number of carboxylic acids is 1. The third kappa shape index (κ3) is 1.79. The fourth-order valence-electron chi connectivity index (χ4n) is 2.17. The van der Waals surface area contributed by atoms with Crippen molar-refractivity contribution in [1.29, 1.82) is 0 Å². The highest BCUT2D eigenvalue weighted by atomic mass is 16.4. The summed E-state index contributed by atoms with van der Waals surface area (Å²) in [5.74, 6) is -1.31. The van der Waals surface area contributed by atoms with Gasteiger partial charge in [0.1, 0.15) is 0 Å². The Morgan fingerprint density at radius 2 is 2.24 bits per heavy atom. The first-order valence-electron chi connectivity index (χ1n) is 5.75. The van der Waals surface area contributed by atoms with Crippen LogP contribution in [-0.2, 0) is 11.3 Å². The number of hydrogen-bond donors (Lipinski definition) is 1. The van der Waals surface area contributed by atoms with Gasteiger partial charge in [-0.15, -0.1) is 0 Å². The van der Waals surface area contributed by atoms with Crippen LogP contribution in [-0.4, -0.2) is 20.9 Å². The van der Waals surface area contributed by atoms with Gasteiger partial charge in [0.05, 0.1) is 11.4 Å². The lowest BCUT2D eigenvalue weighted by Gasteiger charge is -2.08. The third-order valence-electron chi connectivity index (χ3n) is 3.19. The van der Waals surface area contributed by atoms with Gasteiger partial charge in [-0.3, -0.25) is 9.48 Å². The van der Waals surface area contributed by atoms with Crippen LogP contribution in [0.4, 0.5) is 0 Å². The zero-order valence-corrected chi connectivity index (χ0v) is 10.3. The van der Waals surface area contributed by atoms with Crippen molar-refractivity contribution >= 4 is 16.9 Å². The molecule has 0 fully saturated rings. The maximum Gasteiger partial charge on any atom is 0.310 e. The summed E-state index contributed by atoms with van der Waals surface area (Å²) in [6, 6.07) is 5.66. The van der Waals surface area contributed by atoms with Crippen molar-refractivity contribution in [2.75, 3.05) is 0 Å². The average Bonchev–Trinajstić information content (AvgIpc) is 2.65. The smallest absolute Gasteiger partial charge is 0.310 e. The normalized spacial score (nSPS) is 12.9. The van der Waals surface area contributed by atoms with E-state index in [0.717, 1.165) is 28.7 Å². The summed E-state index contributed by atoms with van der Waals surface area (Å²) in [5, 5.41) is 14.6. The van der Waals surface area contributed by atoms with E-state index >= 15 is 0 Å². The Morgan fingerprint density at radius 1 is 1.53 bits per heavy atom. The van der Waals surface area contributed by atoms with E-state index in [0.29, 0.717) is 0 Å². The van der Waals surface area contributed by atoms with E-state index in [1.807, 2.05) is 36.7 Å². The SMILES string of the molecule is CCn1nc2cccc(C(C)C(=O)O)c2c1C. The van der Waals surface area contributed by atoms with Crippen molar-refractivity contribution in [3.05, 3.63) is 29.5 Å². The largest absolute Gasteiger partial charge is 0.481 e. The minimum atomic E-state index is -0.804. The van der Waals surface area contributed by atoms with Gasteiger partial charge in [-0.1, -0.05) is 12.1 Å². The molecule has 17 heavy (non-hydrogen) atoms. The quantitative estimate of drug-likeness (QED) is 0.884. The van der Waals surface area contributed by atoms with Crippen LogP contribution in [0.1, 0.15) is 31.0 Å².